The van der Waals surface area contributed by atoms with Gasteiger partial charge in [0.1, 0.15) is 0 Å². The second-order valence-corrected chi connectivity index (χ2v) is 8.40. The molecule has 0 aliphatic rings. The summed E-state index contributed by atoms with van der Waals surface area (Å²) in [6.45, 7) is 81.4. The zero-order chi connectivity index (χ0) is 32.4. The van der Waals surface area contributed by atoms with Gasteiger partial charge in [-0.2, -0.15) is 0 Å². The van der Waals surface area contributed by atoms with E-state index in [9.17, 15) is 0 Å². The average molecular weight is 498 g/mol. The van der Waals surface area contributed by atoms with Crippen molar-refractivity contribution in [2.75, 3.05) is 7.11 Å². The molecule has 0 aromatic rings. The summed E-state index contributed by atoms with van der Waals surface area (Å²) >= 11 is 0. The molecule has 45 heavy (non-hydrogen) atoms. The molecule has 0 saturated heterocycles. The third-order valence-corrected chi connectivity index (χ3v) is 4.74. The topological polar surface area (TPSA) is 9.23 Å². The Morgan fingerprint density at radius 1 is 0.222 bits per heavy atom. The molecule has 0 radical (unpaired) electrons. The standard InChI is InChI=1S/CH5B43O/c1-45-44-43-42-41-40-39-38-37-36-35-34-33-32-31-30-29-28-27-26-25-24-23-22-21-20-19-18-17-16-15-14-13-12-11-10-9-8-7-6-5-4-3-2/h2H2,1H3. The average Bonchev–Trinajstić information content (AvgIpc) is 3.05. The van der Waals surface area contributed by atoms with E-state index in [1.54, 1.807) is 14.1 Å². The molecule has 0 amide bonds. The van der Waals surface area contributed by atoms with Crippen molar-refractivity contribution in [2.24, 2.45) is 0 Å². The molecule has 0 saturated carbocycles. The zero-order valence-electron chi connectivity index (χ0n) is 26.7. The molecule has 0 aromatic heterocycles. The fourth-order valence-electron chi connectivity index (χ4n) is 2.67. The van der Waals surface area contributed by atoms with Gasteiger partial charge in [0.05, 0.1) is 0 Å². The van der Waals surface area contributed by atoms with Gasteiger partial charge in [-0.25, -0.2) is 0 Å². The summed E-state index contributed by atoms with van der Waals surface area (Å²) in [7, 11) is 5.25. The van der Waals surface area contributed by atoms with Crippen molar-refractivity contribution in [3.8, 4) is 0 Å². The molecule has 44 heteroatoms. The van der Waals surface area contributed by atoms with Gasteiger partial charge >= 0.3 is 301 Å². The van der Waals surface area contributed by atoms with Crippen molar-refractivity contribution in [3.63, 3.8) is 0 Å². The van der Waals surface area contributed by atoms with Crippen LogP contribution in [0.5, 0.6) is 0 Å². The molecule has 0 unspecified atom stereocenters. The molecule has 0 aromatic carbocycles. The van der Waals surface area contributed by atoms with E-state index in [2.05, 4.69) is 0 Å². The first kappa shape index (κ1) is 47.6. The minimum absolute atomic E-state index is 1.62. The van der Waals surface area contributed by atoms with Gasteiger partial charge < -0.3 is 0 Å². The van der Waals surface area contributed by atoms with Gasteiger partial charge in [-0.05, 0) is 0 Å². The van der Waals surface area contributed by atoms with Crippen molar-refractivity contribution < 1.29 is 4.65 Å². The Kier molecular flexibility index (Phi) is 49.3. The summed E-state index contributed by atoms with van der Waals surface area (Å²) in [4.78, 5) is 0. The van der Waals surface area contributed by atoms with Crippen molar-refractivity contribution in [3.05, 3.63) is 0 Å². The molecule has 0 aliphatic carbocycles. The fraction of sp³-hybridized carbons (Fsp3) is 1.00. The van der Waals surface area contributed by atoms with Crippen LogP contribution in [0.3, 0.4) is 0 Å². The van der Waals surface area contributed by atoms with Gasteiger partial charge in [0.25, 0.3) is 0 Å². The van der Waals surface area contributed by atoms with Crippen LogP contribution in [0.15, 0.2) is 0 Å². The van der Waals surface area contributed by atoms with Crippen LogP contribution < -0.4 is 0 Å². The molecule has 0 fully saturated rings. The number of hydrogen-bond donors (Lipinski definition) is 0. The third kappa shape index (κ3) is 46.6. The summed E-state index contributed by atoms with van der Waals surface area (Å²) in [5.74, 6) is 0. The predicted molar refractivity (Wildman–Crippen MR) is 257 cm³/mol. The maximum atomic E-state index is 4.81. The monoisotopic (exact) mass is 506 g/mol. The van der Waals surface area contributed by atoms with Gasteiger partial charge in [0.2, 0.25) is 0 Å². The second-order valence-electron chi connectivity index (χ2n) is 8.40. The van der Waals surface area contributed by atoms with Crippen LogP contribution in [0.2, 0.25) is 0 Å². The molecule has 0 N–H and O–H groups in total. The summed E-state index contributed by atoms with van der Waals surface area (Å²) in [5, 5.41) is 0. The van der Waals surface area contributed by atoms with Gasteiger partial charge in [0, 0.05) is 0 Å². The quantitative estimate of drug-likeness (QED) is 0.143. The molecule has 0 aliphatic heterocycles. The second kappa shape index (κ2) is 46.6. The van der Waals surface area contributed by atoms with Crippen molar-refractivity contribution in [1.82, 2.24) is 0 Å². The van der Waals surface area contributed by atoms with Gasteiger partial charge in [-0.1, -0.05) is 0 Å². The Labute approximate surface area is 298 Å². The molecule has 1 nitrogen and oxygen atoms in total. The van der Waals surface area contributed by atoms with Crippen LogP contribution in [-0.2, 0) is 4.65 Å². The summed E-state index contributed by atoms with van der Waals surface area (Å²) in [6, 6.07) is 0. The molecule has 0 heterocycles. The molecule has 0 atom stereocenters. The van der Waals surface area contributed by atoms with E-state index in [1.165, 1.54) is 0 Å². The Morgan fingerprint density at radius 2 is 0.356 bits per heavy atom. The van der Waals surface area contributed by atoms with Crippen LogP contribution in [0.4, 0.5) is 0 Å². The van der Waals surface area contributed by atoms with E-state index >= 15 is 0 Å². The SMILES string of the molecule is BB=BB=BB=BB=BB=BB=BB=BB=BB=BB=BB=BB=BB=BB=BB=BB=BB=BB=BB=BB=BB=BOC. The number of rotatable bonds is 21. The Hall–Kier alpha value is 2.59. The summed E-state index contributed by atoms with van der Waals surface area (Å²) < 4.78 is 4.81. The third-order valence-electron chi connectivity index (χ3n) is 4.74. The van der Waals surface area contributed by atoms with E-state index in [0.717, 1.165) is 0 Å². The number of hydrogen-bond acceptors (Lipinski definition) is 1. The van der Waals surface area contributed by atoms with Crippen LogP contribution in [0.25, 0.3) is 0 Å². The summed E-state index contributed by atoms with van der Waals surface area (Å²) in [6.07, 6.45) is 0. The molecular formula is CH5B43O. The molecular weight excluding hydrogens is 493 g/mol. The fourth-order valence-corrected chi connectivity index (χ4v) is 2.67. The molecule has 0 rings (SSSR count). The zero-order valence-corrected chi connectivity index (χ0v) is 26.7. The maximum absolute atomic E-state index is 4.81. The first-order chi connectivity index (χ1) is 22.4. The van der Waals surface area contributed by atoms with Crippen LogP contribution in [0, 0.1) is 0 Å². The molecule has 0 bridgehead atoms. The Bertz CT molecular complexity index is 1360. The molecule has 0 spiro atoms. The predicted octanol–water partition coefficient (Wildman–Crippen LogP) is -16.8. The normalized spacial score (nSPS) is 7.76. The van der Waals surface area contributed by atoms with Crippen LogP contribution in [0.1, 0.15) is 0 Å². The van der Waals surface area contributed by atoms with E-state index in [0.29, 0.717) is 0 Å². The first-order valence-corrected chi connectivity index (χ1v) is 14.9. The van der Waals surface area contributed by atoms with Crippen LogP contribution in [-0.4, -0.2) is 296 Å². The van der Waals surface area contributed by atoms with Crippen molar-refractivity contribution in [2.45, 2.75) is 0 Å². The van der Waals surface area contributed by atoms with Gasteiger partial charge in [0.15, 0.2) is 0 Å². The van der Waals surface area contributed by atoms with Crippen LogP contribution >= 0.6 is 0 Å². The van der Waals surface area contributed by atoms with Crippen molar-refractivity contribution in [1.29, 1.82) is 0 Å². The van der Waals surface area contributed by atoms with E-state index in [1.807, 2.05) is 282 Å². The first-order valence-electron chi connectivity index (χ1n) is 14.9. The van der Waals surface area contributed by atoms with E-state index in [4.69, 9.17) is 4.65 Å². The minimum atomic E-state index is 1.62. The van der Waals surface area contributed by atoms with Crippen molar-refractivity contribution >= 4 is 289 Å². The molecule has 144 valence electrons. The van der Waals surface area contributed by atoms with E-state index < -0.39 is 0 Å². The van der Waals surface area contributed by atoms with E-state index in [-0.39, 0.29) is 0 Å². The Balaban J connectivity index is 4.03. The van der Waals surface area contributed by atoms with Gasteiger partial charge in [-0.3, -0.25) is 0 Å². The summed E-state index contributed by atoms with van der Waals surface area (Å²) in [5.41, 5.74) is 0. The Morgan fingerprint density at radius 3 is 0.489 bits per heavy atom. The van der Waals surface area contributed by atoms with Gasteiger partial charge in [-0.15, -0.1) is 0 Å².